The van der Waals surface area contributed by atoms with Crippen molar-refractivity contribution in [3.05, 3.63) is 151 Å². The quantitative estimate of drug-likeness (QED) is 0.180. The second kappa shape index (κ2) is 11.7. The normalized spacial score (nSPS) is 11.7. The van der Waals surface area contributed by atoms with Crippen LogP contribution in [0.4, 0.5) is 0 Å². The van der Waals surface area contributed by atoms with E-state index >= 15 is 0 Å². The van der Waals surface area contributed by atoms with E-state index in [4.69, 9.17) is 15.0 Å². The van der Waals surface area contributed by atoms with Gasteiger partial charge in [-0.2, -0.15) is 0 Å². The minimum atomic E-state index is 0.598. The summed E-state index contributed by atoms with van der Waals surface area (Å²) in [6, 6.07) is 39.8. The summed E-state index contributed by atoms with van der Waals surface area (Å²) in [7, 11) is 0. The van der Waals surface area contributed by atoms with Crippen LogP contribution in [0.25, 0.3) is 89.4 Å². The Morgan fingerprint density at radius 1 is 0.404 bits per heavy atom. The van der Waals surface area contributed by atoms with Crippen molar-refractivity contribution in [2.75, 3.05) is 0 Å². The molecule has 5 aromatic heterocycles. The van der Waals surface area contributed by atoms with Crippen LogP contribution in [0.15, 0.2) is 140 Å². The zero-order valence-corrected chi connectivity index (χ0v) is 28.3. The molecule has 0 spiro atoms. The van der Waals surface area contributed by atoms with Crippen molar-refractivity contribution >= 4 is 43.6 Å². The lowest BCUT2D eigenvalue weighted by atomic mass is 10.1. The molecule has 52 heavy (non-hydrogen) atoms. The van der Waals surface area contributed by atoms with Crippen molar-refractivity contribution in [1.29, 1.82) is 0 Å². The van der Waals surface area contributed by atoms with E-state index in [0.29, 0.717) is 17.5 Å². The average molecular weight is 672 g/mol. The second-order valence-electron chi connectivity index (χ2n) is 13.0. The van der Waals surface area contributed by atoms with Crippen molar-refractivity contribution in [1.82, 2.24) is 44.0 Å². The SMILES string of the molecule is Cc1ccc2c(c1)c1cc(-c3nc(-c4ccccc4)nc(-c4ccc5c(c4)c4cc(C)ccc4n5-c4ccncn4)n3)ccc1n2-c1ccncn1. The molecule has 0 atom stereocenters. The van der Waals surface area contributed by atoms with E-state index in [9.17, 15) is 0 Å². The van der Waals surface area contributed by atoms with Crippen LogP contribution < -0.4 is 0 Å². The van der Waals surface area contributed by atoms with E-state index in [0.717, 1.165) is 71.9 Å². The fraction of sp³-hybridized carbons (Fsp3) is 0.0465. The number of aromatic nitrogens is 9. The fourth-order valence-corrected chi connectivity index (χ4v) is 7.23. The Kier molecular flexibility index (Phi) is 6.72. The summed E-state index contributed by atoms with van der Waals surface area (Å²) in [6.45, 7) is 4.23. The van der Waals surface area contributed by atoms with Gasteiger partial charge in [-0.15, -0.1) is 0 Å². The van der Waals surface area contributed by atoms with Gasteiger partial charge in [0.25, 0.3) is 0 Å². The van der Waals surface area contributed by atoms with E-state index < -0.39 is 0 Å². The Morgan fingerprint density at radius 2 is 0.827 bits per heavy atom. The predicted octanol–water partition coefficient (Wildman–Crippen LogP) is 9.26. The summed E-state index contributed by atoms with van der Waals surface area (Å²) in [4.78, 5) is 32.8. The molecule has 0 aliphatic heterocycles. The first-order valence-corrected chi connectivity index (χ1v) is 17.0. The lowest BCUT2D eigenvalue weighted by molar-refractivity contribution is 1.04. The first-order chi connectivity index (χ1) is 25.6. The van der Waals surface area contributed by atoms with E-state index in [1.54, 1.807) is 25.0 Å². The van der Waals surface area contributed by atoms with Gasteiger partial charge in [-0.3, -0.25) is 9.13 Å². The van der Waals surface area contributed by atoms with E-state index in [-0.39, 0.29) is 0 Å². The van der Waals surface area contributed by atoms with Crippen molar-refractivity contribution in [2.24, 2.45) is 0 Å². The summed E-state index contributed by atoms with van der Waals surface area (Å²) in [5.41, 5.74) is 9.30. The largest absolute Gasteiger partial charge is 0.294 e. The van der Waals surface area contributed by atoms with E-state index in [1.165, 1.54) is 11.1 Å². The molecule has 0 radical (unpaired) electrons. The molecule has 0 amide bonds. The van der Waals surface area contributed by atoms with E-state index in [1.807, 2.05) is 42.5 Å². The second-order valence-corrected chi connectivity index (χ2v) is 13.0. The third-order valence-corrected chi connectivity index (χ3v) is 9.62. The molecule has 10 aromatic rings. The number of hydrogen-bond donors (Lipinski definition) is 0. The highest BCUT2D eigenvalue weighted by Crippen LogP contribution is 2.37. The molecule has 5 heterocycles. The van der Waals surface area contributed by atoms with Crippen LogP contribution in [0.3, 0.4) is 0 Å². The summed E-state index contributed by atoms with van der Waals surface area (Å²) < 4.78 is 4.36. The molecule has 0 bridgehead atoms. The van der Waals surface area contributed by atoms with Gasteiger partial charge in [-0.25, -0.2) is 34.9 Å². The number of hydrogen-bond acceptors (Lipinski definition) is 7. The van der Waals surface area contributed by atoms with Gasteiger partial charge < -0.3 is 0 Å². The molecule has 0 fully saturated rings. The number of aryl methyl sites for hydroxylation is 2. The topological polar surface area (TPSA) is 100 Å². The number of nitrogens with zero attached hydrogens (tertiary/aromatic N) is 9. The zero-order valence-electron chi connectivity index (χ0n) is 28.3. The molecule has 246 valence electrons. The Morgan fingerprint density at radius 3 is 1.27 bits per heavy atom. The molecule has 0 saturated carbocycles. The Balaban J connectivity index is 1.19. The maximum atomic E-state index is 5.16. The molecule has 9 heteroatoms. The lowest BCUT2D eigenvalue weighted by Crippen LogP contribution is -2.00. The van der Waals surface area contributed by atoms with Crippen LogP contribution in [0.5, 0.6) is 0 Å². The number of fused-ring (bicyclic) bond motifs is 6. The highest BCUT2D eigenvalue weighted by molar-refractivity contribution is 6.11. The van der Waals surface area contributed by atoms with Gasteiger partial charge in [0.05, 0.1) is 22.1 Å². The van der Waals surface area contributed by atoms with Gasteiger partial charge in [0, 0.05) is 50.6 Å². The number of benzene rings is 5. The van der Waals surface area contributed by atoms with Crippen LogP contribution in [0.1, 0.15) is 11.1 Å². The first-order valence-electron chi connectivity index (χ1n) is 17.0. The van der Waals surface area contributed by atoms with Crippen LogP contribution >= 0.6 is 0 Å². The monoisotopic (exact) mass is 671 g/mol. The van der Waals surface area contributed by atoms with Crippen LogP contribution in [-0.4, -0.2) is 44.0 Å². The van der Waals surface area contributed by atoms with E-state index in [2.05, 4.69) is 116 Å². The average Bonchev–Trinajstić information content (AvgIpc) is 3.70. The highest BCUT2D eigenvalue weighted by Gasteiger charge is 2.19. The fourth-order valence-electron chi connectivity index (χ4n) is 7.23. The third-order valence-electron chi connectivity index (χ3n) is 9.62. The summed E-state index contributed by atoms with van der Waals surface area (Å²) in [5.74, 6) is 3.43. The van der Waals surface area contributed by atoms with Gasteiger partial charge in [0.15, 0.2) is 17.5 Å². The van der Waals surface area contributed by atoms with Crippen LogP contribution in [-0.2, 0) is 0 Å². The first kappa shape index (κ1) is 29.8. The summed E-state index contributed by atoms with van der Waals surface area (Å²) >= 11 is 0. The van der Waals surface area contributed by atoms with Gasteiger partial charge in [-0.1, -0.05) is 53.6 Å². The molecule has 0 N–H and O–H groups in total. The van der Waals surface area contributed by atoms with Crippen LogP contribution in [0, 0.1) is 13.8 Å². The standard InChI is InChI=1S/C43H29N9/c1-26-8-12-35-31(20-26)33-22-29(10-14-37(33)51(35)39-16-18-44-24-46-39)42-48-41(28-6-4-3-5-7-28)49-43(50-42)30-11-15-38-34(23-30)32-21-27(2)9-13-36(32)52(38)40-17-19-45-25-47-40/h3-25H,1-2H3. The van der Waals surface area contributed by atoms with Crippen molar-refractivity contribution in [3.8, 4) is 45.8 Å². The van der Waals surface area contributed by atoms with Gasteiger partial charge in [0.2, 0.25) is 0 Å². The predicted molar refractivity (Wildman–Crippen MR) is 205 cm³/mol. The molecule has 0 saturated heterocycles. The minimum Gasteiger partial charge on any atom is -0.294 e. The molecule has 10 rings (SSSR count). The zero-order chi connectivity index (χ0) is 34.8. The third kappa shape index (κ3) is 4.82. The molecule has 9 nitrogen and oxygen atoms in total. The number of rotatable bonds is 5. The van der Waals surface area contributed by atoms with Gasteiger partial charge in [0.1, 0.15) is 24.3 Å². The lowest BCUT2D eigenvalue weighted by Gasteiger charge is -2.10. The molecule has 0 aliphatic carbocycles. The van der Waals surface area contributed by atoms with Crippen molar-refractivity contribution < 1.29 is 0 Å². The molecule has 0 unspecified atom stereocenters. The smallest absolute Gasteiger partial charge is 0.164 e. The van der Waals surface area contributed by atoms with Gasteiger partial charge in [-0.05, 0) is 86.6 Å². The Labute approximate surface area is 298 Å². The molecule has 5 aromatic carbocycles. The summed E-state index contributed by atoms with van der Waals surface area (Å²) in [6.07, 6.45) is 6.71. The van der Waals surface area contributed by atoms with Crippen LogP contribution in [0.2, 0.25) is 0 Å². The van der Waals surface area contributed by atoms with Crippen molar-refractivity contribution in [3.63, 3.8) is 0 Å². The maximum absolute atomic E-state index is 5.16. The highest BCUT2D eigenvalue weighted by atomic mass is 15.1. The summed E-state index contributed by atoms with van der Waals surface area (Å²) in [5, 5.41) is 4.45. The Bertz CT molecular complexity index is 2790. The van der Waals surface area contributed by atoms with Crippen molar-refractivity contribution in [2.45, 2.75) is 13.8 Å². The molecular weight excluding hydrogens is 643 g/mol. The van der Waals surface area contributed by atoms with Gasteiger partial charge >= 0.3 is 0 Å². The minimum absolute atomic E-state index is 0.598. The Hall–Kier alpha value is -7.13. The molecule has 0 aliphatic rings. The maximum Gasteiger partial charge on any atom is 0.164 e. The molecular formula is C43H29N9.